The third-order valence-electron chi connectivity index (χ3n) is 1.56. The first-order chi connectivity index (χ1) is 7.63. The Morgan fingerprint density at radius 3 is 2.56 bits per heavy atom. The maximum absolute atomic E-state index is 10.8. The van der Waals surface area contributed by atoms with Crippen LogP contribution in [-0.2, 0) is 11.3 Å². The Balaban J connectivity index is 0.000000673. The largest absolute Gasteiger partial charge is 0.351 e. The minimum Gasteiger partial charge on any atom is -0.351 e. The van der Waals surface area contributed by atoms with Gasteiger partial charge in [-0.25, -0.2) is 0 Å². The van der Waals surface area contributed by atoms with E-state index in [1.807, 2.05) is 12.1 Å². The second kappa shape index (κ2) is 9.19. The van der Waals surface area contributed by atoms with Crippen molar-refractivity contribution >= 4 is 17.5 Å². The van der Waals surface area contributed by atoms with Gasteiger partial charge in [-0.2, -0.15) is 0 Å². The fourth-order valence-electron chi connectivity index (χ4n) is 0.920. The average molecular weight is 243 g/mol. The summed E-state index contributed by atoms with van der Waals surface area (Å²) >= 11 is 5.76. The van der Waals surface area contributed by atoms with Crippen LogP contribution in [0.3, 0.4) is 0 Å². The predicted octanol–water partition coefficient (Wildman–Crippen LogP) is 2.33. The molecule has 0 bridgehead atoms. The van der Waals surface area contributed by atoms with Gasteiger partial charge in [0.05, 0.1) is 6.54 Å². The van der Waals surface area contributed by atoms with Crippen molar-refractivity contribution in [1.29, 1.82) is 0 Å². The van der Waals surface area contributed by atoms with Crippen LogP contribution in [-0.4, -0.2) is 12.5 Å². The molecule has 0 aromatic heterocycles. The molecule has 1 aromatic rings. The Hall–Kier alpha value is -1.06. The molecule has 0 heterocycles. The Bertz CT molecular complexity index is 316. The van der Waals surface area contributed by atoms with Crippen molar-refractivity contribution in [3.63, 3.8) is 0 Å². The van der Waals surface area contributed by atoms with Gasteiger partial charge in [-0.1, -0.05) is 44.0 Å². The molecular weight excluding hydrogens is 224 g/mol. The number of benzene rings is 1. The van der Waals surface area contributed by atoms with Gasteiger partial charge in [0, 0.05) is 11.6 Å². The lowest BCUT2D eigenvalue weighted by Gasteiger charge is -2.03. The fraction of sp³-hybridized carbons (Fsp3) is 0.417. The van der Waals surface area contributed by atoms with Crippen molar-refractivity contribution in [1.82, 2.24) is 5.32 Å². The molecule has 90 valence electrons. The van der Waals surface area contributed by atoms with Crippen LogP contribution in [0.25, 0.3) is 0 Å². The predicted molar refractivity (Wildman–Crippen MR) is 68.3 cm³/mol. The van der Waals surface area contributed by atoms with Crippen LogP contribution >= 0.6 is 11.6 Å². The van der Waals surface area contributed by atoms with Gasteiger partial charge < -0.3 is 11.1 Å². The monoisotopic (exact) mass is 242 g/mol. The van der Waals surface area contributed by atoms with E-state index in [1.165, 1.54) is 6.42 Å². The lowest BCUT2D eigenvalue weighted by atomic mass is 10.2. The highest BCUT2D eigenvalue weighted by Gasteiger charge is 1.97. The summed E-state index contributed by atoms with van der Waals surface area (Å²) < 4.78 is 0. The van der Waals surface area contributed by atoms with E-state index in [4.69, 9.17) is 17.3 Å². The zero-order valence-corrected chi connectivity index (χ0v) is 10.6. The molecule has 0 saturated carbocycles. The summed E-state index contributed by atoms with van der Waals surface area (Å²) in [6.45, 7) is 4.73. The molecule has 1 amide bonds. The molecular formula is C12H19ClN2O. The highest BCUT2D eigenvalue weighted by atomic mass is 35.5. The summed E-state index contributed by atoms with van der Waals surface area (Å²) in [4.78, 5) is 10.8. The standard InChI is InChI=1S/C9H11ClN2O.C3H8/c10-8-3-1-2-7(4-8)6-12-9(13)5-11;1-3-2/h1-4H,5-6,11H2,(H,12,13);3H2,1-2H3. The number of carbonyl (C=O) groups is 1. The molecule has 4 heteroatoms. The molecule has 0 aliphatic rings. The highest BCUT2D eigenvalue weighted by molar-refractivity contribution is 6.30. The lowest BCUT2D eigenvalue weighted by Crippen LogP contribution is -2.29. The smallest absolute Gasteiger partial charge is 0.234 e. The van der Waals surface area contributed by atoms with Crippen molar-refractivity contribution < 1.29 is 4.79 Å². The number of rotatable bonds is 3. The van der Waals surface area contributed by atoms with Crippen LogP contribution < -0.4 is 11.1 Å². The van der Waals surface area contributed by atoms with Crippen LogP contribution in [0.5, 0.6) is 0 Å². The number of hydrogen-bond donors (Lipinski definition) is 2. The summed E-state index contributed by atoms with van der Waals surface area (Å²) in [5, 5.41) is 3.32. The molecule has 0 unspecified atom stereocenters. The summed E-state index contributed by atoms with van der Waals surface area (Å²) in [5.74, 6) is -0.167. The normalized spacial score (nSPS) is 9.00. The quantitative estimate of drug-likeness (QED) is 0.855. The third-order valence-corrected chi connectivity index (χ3v) is 1.80. The van der Waals surface area contributed by atoms with E-state index in [-0.39, 0.29) is 12.5 Å². The van der Waals surface area contributed by atoms with Crippen LogP contribution in [0.4, 0.5) is 0 Å². The van der Waals surface area contributed by atoms with Gasteiger partial charge in [0.1, 0.15) is 0 Å². The van der Waals surface area contributed by atoms with Crippen LogP contribution in [0, 0.1) is 0 Å². The van der Waals surface area contributed by atoms with Crippen molar-refractivity contribution in [2.24, 2.45) is 5.73 Å². The lowest BCUT2D eigenvalue weighted by molar-refractivity contribution is -0.119. The van der Waals surface area contributed by atoms with Crippen LogP contribution in [0.15, 0.2) is 24.3 Å². The number of carbonyl (C=O) groups excluding carboxylic acids is 1. The molecule has 0 atom stereocenters. The van der Waals surface area contributed by atoms with Crippen LogP contribution in [0.2, 0.25) is 5.02 Å². The van der Waals surface area contributed by atoms with Crippen molar-refractivity contribution in [3.05, 3.63) is 34.9 Å². The second-order valence-electron chi connectivity index (χ2n) is 3.32. The van der Waals surface area contributed by atoms with E-state index in [9.17, 15) is 4.79 Å². The maximum atomic E-state index is 10.8. The van der Waals surface area contributed by atoms with Gasteiger partial charge in [0.25, 0.3) is 0 Å². The van der Waals surface area contributed by atoms with Crippen molar-refractivity contribution in [2.75, 3.05) is 6.54 Å². The van der Waals surface area contributed by atoms with Gasteiger partial charge in [0.2, 0.25) is 5.91 Å². The molecule has 0 fully saturated rings. The van der Waals surface area contributed by atoms with E-state index in [0.29, 0.717) is 11.6 Å². The van der Waals surface area contributed by atoms with E-state index in [0.717, 1.165) is 5.56 Å². The van der Waals surface area contributed by atoms with Gasteiger partial charge >= 0.3 is 0 Å². The summed E-state index contributed by atoms with van der Waals surface area (Å²) in [7, 11) is 0. The van der Waals surface area contributed by atoms with E-state index < -0.39 is 0 Å². The Labute approximate surface area is 102 Å². The van der Waals surface area contributed by atoms with Crippen LogP contribution in [0.1, 0.15) is 25.8 Å². The molecule has 3 nitrogen and oxygen atoms in total. The molecule has 0 saturated heterocycles. The number of amides is 1. The maximum Gasteiger partial charge on any atom is 0.234 e. The average Bonchev–Trinajstić information content (AvgIpc) is 2.27. The van der Waals surface area contributed by atoms with E-state index in [1.54, 1.807) is 12.1 Å². The Morgan fingerprint density at radius 2 is 2.06 bits per heavy atom. The minimum atomic E-state index is -0.167. The zero-order chi connectivity index (χ0) is 12.4. The van der Waals surface area contributed by atoms with Crippen molar-refractivity contribution in [3.8, 4) is 0 Å². The van der Waals surface area contributed by atoms with Gasteiger partial charge in [-0.3, -0.25) is 4.79 Å². The van der Waals surface area contributed by atoms with Gasteiger partial charge in [0.15, 0.2) is 0 Å². The van der Waals surface area contributed by atoms with Gasteiger partial charge in [-0.05, 0) is 17.7 Å². The highest BCUT2D eigenvalue weighted by Crippen LogP contribution is 2.09. The minimum absolute atomic E-state index is 0.0145. The first-order valence-corrected chi connectivity index (χ1v) is 5.73. The first kappa shape index (κ1) is 14.9. The van der Waals surface area contributed by atoms with E-state index >= 15 is 0 Å². The SMILES string of the molecule is CCC.NCC(=O)NCc1cccc(Cl)c1. The summed E-state index contributed by atoms with van der Waals surface area (Å²) in [6, 6.07) is 7.32. The summed E-state index contributed by atoms with van der Waals surface area (Å²) in [6.07, 6.45) is 1.25. The Morgan fingerprint density at radius 1 is 1.44 bits per heavy atom. The molecule has 0 aliphatic carbocycles. The number of nitrogens with two attached hydrogens (primary N) is 1. The summed E-state index contributed by atoms with van der Waals surface area (Å²) in [5.41, 5.74) is 6.09. The molecule has 1 rings (SSSR count). The van der Waals surface area contributed by atoms with Crippen molar-refractivity contribution in [2.45, 2.75) is 26.8 Å². The molecule has 0 spiro atoms. The molecule has 0 radical (unpaired) electrons. The molecule has 16 heavy (non-hydrogen) atoms. The third kappa shape index (κ3) is 7.26. The van der Waals surface area contributed by atoms with Gasteiger partial charge in [-0.15, -0.1) is 0 Å². The molecule has 3 N–H and O–H groups in total. The number of hydrogen-bond acceptors (Lipinski definition) is 2. The zero-order valence-electron chi connectivity index (χ0n) is 9.79. The van der Waals surface area contributed by atoms with E-state index in [2.05, 4.69) is 19.2 Å². The first-order valence-electron chi connectivity index (χ1n) is 5.35. The topological polar surface area (TPSA) is 55.1 Å². The molecule has 1 aromatic carbocycles. The Kier molecular flexibility index (Phi) is 8.58. The fourth-order valence-corrected chi connectivity index (χ4v) is 1.13. The molecule has 0 aliphatic heterocycles. The number of halogens is 1. The number of nitrogens with one attached hydrogen (secondary N) is 1. The second-order valence-corrected chi connectivity index (χ2v) is 3.75.